The Kier molecular flexibility index (Phi) is 5.74. The van der Waals surface area contributed by atoms with E-state index in [4.69, 9.17) is 0 Å². The number of sulfonamides is 1. The average Bonchev–Trinajstić information content (AvgIpc) is 2.67. The molecule has 26 heavy (non-hydrogen) atoms. The predicted octanol–water partition coefficient (Wildman–Crippen LogP) is 3.18. The molecule has 5 nitrogen and oxygen atoms in total. The number of amides is 1. The van der Waals surface area contributed by atoms with E-state index in [0.717, 1.165) is 24.8 Å². The van der Waals surface area contributed by atoms with E-state index in [-0.39, 0.29) is 16.8 Å². The van der Waals surface area contributed by atoms with Gasteiger partial charge in [-0.15, -0.1) is 0 Å². The predicted molar refractivity (Wildman–Crippen MR) is 101 cm³/mol. The van der Waals surface area contributed by atoms with Crippen molar-refractivity contribution in [3.63, 3.8) is 0 Å². The van der Waals surface area contributed by atoms with Crippen LogP contribution in [0.4, 0.5) is 0 Å². The van der Waals surface area contributed by atoms with Crippen LogP contribution in [-0.4, -0.2) is 31.2 Å². The monoisotopic (exact) mass is 372 g/mol. The highest BCUT2D eigenvalue weighted by Crippen LogP contribution is 2.25. The maximum Gasteiger partial charge on any atom is 0.251 e. The lowest BCUT2D eigenvalue weighted by Gasteiger charge is -2.32. The molecular formula is C20H24N2O3S. The quantitative estimate of drug-likeness (QED) is 0.877. The summed E-state index contributed by atoms with van der Waals surface area (Å²) in [5.74, 6) is -0.218. The van der Waals surface area contributed by atoms with Gasteiger partial charge in [-0.25, -0.2) is 8.42 Å². The summed E-state index contributed by atoms with van der Waals surface area (Å²) in [6.07, 6.45) is 2.84. The van der Waals surface area contributed by atoms with Crippen LogP contribution in [-0.2, 0) is 16.6 Å². The minimum atomic E-state index is -3.51. The Hall–Kier alpha value is -2.18. The molecule has 1 N–H and O–H groups in total. The number of hydrogen-bond donors (Lipinski definition) is 1. The standard InChI is InChI=1S/C20H24N2O3S/c1-16-7-5-6-14-22(16)26(24,25)19-12-10-18(11-13-19)20(23)21-15-17-8-3-2-4-9-17/h2-4,8-13,16H,5-7,14-15H2,1H3,(H,21,23). The zero-order valence-electron chi connectivity index (χ0n) is 14.9. The minimum absolute atomic E-state index is 0.0163. The van der Waals surface area contributed by atoms with Crippen LogP contribution in [0.1, 0.15) is 42.1 Å². The average molecular weight is 372 g/mol. The first kappa shape index (κ1) is 18.6. The molecule has 1 aliphatic rings. The molecule has 0 spiro atoms. The third kappa shape index (κ3) is 4.14. The van der Waals surface area contributed by atoms with Gasteiger partial charge >= 0.3 is 0 Å². The van der Waals surface area contributed by atoms with Crippen molar-refractivity contribution in [1.29, 1.82) is 0 Å². The van der Waals surface area contributed by atoms with Crippen molar-refractivity contribution in [3.8, 4) is 0 Å². The van der Waals surface area contributed by atoms with Crippen LogP contribution >= 0.6 is 0 Å². The summed E-state index contributed by atoms with van der Waals surface area (Å²) in [7, 11) is -3.51. The van der Waals surface area contributed by atoms with Crippen LogP contribution in [0.5, 0.6) is 0 Å². The van der Waals surface area contributed by atoms with E-state index >= 15 is 0 Å². The Morgan fingerprint density at radius 1 is 1.08 bits per heavy atom. The number of rotatable bonds is 5. The van der Waals surface area contributed by atoms with Crippen LogP contribution in [0.3, 0.4) is 0 Å². The van der Waals surface area contributed by atoms with Crippen LogP contribution in [0.2, 0.25) is 0 Å². The van der Waals surface area contributed by atoms with Crippen molar-refractivity contribution in [2.24, 2.45) is 0 Å². The van der Waals surface area contributed by atoms with E-state index in [2.05, 4.69) is 5.32 Å². The largest absolute Gasteiger partial charge is 0.348 e. The SMILES string of the molecule is CC1CCCCN1S(=O)(=O)c1ccc(C(=O)NCc2ccccc2)cc1. The molecule has 3 rings (SSSR count). The van der Waals surface area contributed by atoms with Gasteiger partial charge in [0.25, 0.3) is 5.91 Å². The summed E-state index contributed by atoms with van der Waals surface area (Å²) in [6, 6.07) is 15.8. The van der Waals surface area contributed by atoms with Crippen molar-refractivity contribution in [2.45, 2.75) is 43.7 Å². The van der Waals surface area contributed by atoms with E-state index < -0.39 is 10.0 Å². The summed E-state index contributed by atoms with van der Waals surface area (Å²) < 4.78 is 27.2. The first-order chi connectivity index (χ1) is 12.5. The van der Waals surface area contributed by atoms with Crippen LogP contribution in [0.25, 0.3) is 0 Å². The Balaban J connectivity index is 1.68. The van der Waals surface area contributed by atoms with Gasteiger partial charge in [0.05, 0.1) is 4.90 Å². The molecule has 1 saturated heterocycles. The highest BCUT2D eigenvalue weighted by atomic mass is 32.2. The van der Waals surface area contributed by atoms with E-state index in [1.807, 2.05) is 37.3 Å². The molecule has 0 saturated carbocycles. The lowest BCUT2D eigenvalue weighted by Crippen LogP contribution is -2.41. The molecule has 0 bridgehead atoms. The molecule has 1 unspecified atom stereocenters. The molecule has 1 amide bonds. The Bertz CT molecular complexity index is 848. The first-order valence-electron chi connectivity index (χ1n) is 8.92. The van der Waals surface area contributed by atoms with Gasteiger partial charge in [0.15, 0.2) is 0 Å². The van der Waals surface area contributed by atoms with Gasteiger partial charge in [-0.05, 0) is 49.6 Å². The lowest BCUT2D eigenvalue weighted by atomic mass is 10.1. The maximum atomic E-state index is 12.8. The number of carbonyl (C=O) groups is 1. The fraction of sp³-hybridized carbons (Fsp3) is 0.350. The molecule has 2 aromatic carbocycles. The Labute approximate surface area is 155 Å². The molecule has 1 heterocycles. The van der Waals surface area contributed by atoms with Gasteiger partial charge in [0.1, 0.15) is 0 Å². The number of carbonyl (C=O) groups excluding carboxylic acids is 1. The molecule has 1 fully saturated rings. The second-order valence-corrected chi connectivity index (χ2v) is 8.54. The van der Waals surface area contributed by atoms with E-state index in [1.165, 1.54) is 12.1 Å². The summed E-state index contributed by atoms with van der Waals surface area (Å²) in [5.41, 5.74) is 1.46. The zero-order valence-corrected chi connectivity index (χ0v) is 15.7. The highest BCUT2D eigenvalue weighted by Gasteiger charge is 2.30. The number of nitrogens with one attached hydrogen (secondary N) is 1. The van der Waals surface area contributed by atoms with Gasteiger partial charge in [0, 0.05) is 24.7 Å². The normalized spacial score (nSPS) is 18.4. The second kappa shape index (κ2) is 8.01. The van der Waals surface area contributed by atoms with Gasteiger partial charge in [-0.2, -0.15) is 4.31 Å². The van der Waals surface area contributed by atoms with Gasteiger partial charge in [-0.1, -0.05) is 36.8 Å². The first-order valence-corrected chi connectivity index (χ1v) is 10.4. The molecule has 0 radical (unpaired) electrons. The van der Waals surface area contributed by atoms with Crippen molar-refractivity contribution in [1.82, 2.24) is 9.62 Å². The summed E-state index contributed by atoms with van der Waals surface area (Å²) in [6.45, 7) is 2.94. The zero-order chi connectivity index (χ0) is 18.6. The van der Waals surface area contributed by atoms with Crippen LogP contribution < -0.4 is 5.32 Å². The van der Waals surface area contributed by atoms with Crippen molar-refractivity contribution < 1.29 is 13.2 Å². The van der Waals surface area contributed by atoms with E-state index in [1.54, 1.807) is 16.4 Å². The summed E-state index contributed by atoms with van der Waals surface area (Å²) in [4.78, 5) is 12.5. The topological polar surface area (TPSA) is 66.5 Å². The molecule has 0 aromatic heterocycles. The number of benzene rings is 2. The number of piperidine rings is 1. The maximum absolute atomic E-state index is 12.8. The van der Waals surface area contributed by atoms with Crippen LogP contribution in [0, 0.1) is 0 Å². The molecular weight excluding hydrogens is 348 g/mol. The lowest BCUT2D eigenvalue weighted by molar-refractivity contribution is 0.0951. The van der Waals surface area contributed by atoms with Crippen molar-refractivity contribution >= 4 is 15.9 Å². The van der Waals surface area contributed by atoms with Gasteiger partial charge in [0.2, 0.25) is 10.0 Å². The molecule has 0 aliphatic carbocycles. The molecule has 2 aromatic rings. The van der Waals surface area contributed by atoms with Gasteiger partial charge < -0.3 is 5.32 Å². The number of hydrogen-bond acceptors (Lipinski definition) is 3. The second-order valence-electron chi connectivity index (χ2n) is 6.65. The van der Waals surface area contributed by atoms with Gasteiger partial charge in [-0.3, -0.25) is 4.79 Å². The van der Waals surface area contributed by atoms with Crippen LogP contribution in [0.15, 0.2) is 59.5 Å². The molecule has 1 atom stereocenters. The minimum Gasteiger partial charge on any atom is -0.348 e. The Morgan fingerprint density at radius 3 is 2.42 bits per heavy atom. The molecule has 138 valence electrons. The van der Waals surface area contributed by atoms with E-state index in [9.17, 15) is 13.2 Å². The summed E-state index contributed by atoms with van der Waals surface area (Å²) in [5, 5.41) is 2.85. The smallest absolute Gasteiger partial charge is 0.251 e. The Morgan fingerprint density at radius 2 is 1.77 bits per heavy atom. The van der Waals surface area contributed by atoms with E-state index in [0.29, 0.717) is 18.7 Å². The van der Waals surface area contributed by atoms with Crippen molar-refractivity contribution in [3.05, 3.63) is 65.7 Å². The highest BCUT2D eigenvalue weighted by molar-refractivity contribution is 7.89. The fourth-order valence-electron chi connectivity index (χ4n) is 3.22. The third-order valence-corrected chi connectivity index (χ3v) is 6.79. The third-order valence-electron chi connectivity index (χ3n) is 4.76. The number of nitrogens with zero attached hydrogens (tertiary/aromatic N) is 1. The van der Waals surface area contributed by atoms with Crippen molar-refractivity contribution in [2.75, 3.05) is 6.54 Å². The molecule has 1 aliphatic heterocycles. The molecule has 6 heteroatoms. The summed E-state index contributed by atoms with van der Waals surface area (Å²) >= 11 is 0. The fourth-order valence-corrected chi connectivity index (χ4v) is 4.92.